The number of amides is 1. The van der Waals surface area contributed by atoms with Crippen molar-refractivity contribution in [1.29, 1.82) is 0 Å². The number of carbonyl (C=O) groups excluding carboxylic acids is 1. The number of anilines is 1. The molecule has 136 valence electrons. The lowest BCUT2D eigenvalue weighted by Crippen LogP contribution is -2.19. The van der Waals surface area contributed by atoms with E-state index in [0.29, 0.717) is 11.3 Å². The smallest absolute Gasteiger partial charge is 0.322 e. The predicted molar refractivity (Wildman–Crippen MR) is 83.6 cm³/mol. The second-order valence-electron chi connectivity index (χ2n) is 5.46. The largest absolute Gasteiger partial charge is 0.435 e. The van der Waals surface area contributed by atoms with Gasteiger partial charge in [-0.25, -0.2) is 4.39 Å². The molecule has 0 aliphatic heterocycles. The first-order chi connectivity index (χ1) is 12.3. The molecular weight excluding hydrogens is 354 g/mol. The van der Waals surface area contributed by atoms with Crippen LogP contribution in [-0.4, -0.2) is 25.5 Å². The first kappa shape index (κ1) is 17.6. The summed E-state index contributed by atoms with van der Waals surface area (Å²) in [4.78, 5) is 11.9. The number of nitrogens with one attached hydrogen (secondary N) is 1. The molecule has 0 aliphatic rings. The molecule has 0 bridgehead atoms. The van der Waals surface area contributed by atoms with E-state index in [0.717, 1.165) is 16.9 Å². The predicted octanol–water partition coefficient (Wildman–Crippen LogP) is 2.92. The van der Waals surface area contributed by atoms with Crippen molar-refractivity contribution in [2.75, 3.05) is 5.32 Å². The van der Waals surface area contributed by atoms with E-state index < -0.39 is 17.8 Å². The van der Waals surface area contributed by atoms with Crippen molar-refractivity contribution >= 4 is 11.6 Å². The van der Waals surface area contributed by atoms with Crippen LogP contribution in [0, 0.1) is 5.82 Å². The second kappa shape index (κ2) is 6.98. The van der Waals surface area contributed by atoms with E-state index >= 15 is 0 Å². The molecule has 0 spiro atoms. The molecule has 0 atom stereocenters. The van der Waals surface area contributed by atoms with Gasteiger partial charge in [-0.3, -0.25) is 14.2 Å². The van der Waals surface area contributed by atoms with E-state index in [2.05, 4.69) is 15.5 Å². The quantitative estimate of drug-likeness (QED) is 0.706. The highest BCUT2D eigenvalue weighted by atomic mass is 19.4. The minimum absolute atomic E-state index is 0.177. The lowest BCUT2D eigenvalue weighted by molar-refractivity contribution is -0.141. The first-order valence-electron chi connectivity index (χ1n) is 7.47. The Morgan fingerprint density at radius 2 is 1.92 bits per heavy atom. The van der Waals surface area contributed by atoms with Gasteiger partial charge in [-0.2, -0.15) is 23.4 Å². The normalized spacial score (nSPS) is 11.5. The van der Waals surface area contributed by atoms with E-state index in [1.165, 1.54) is 23.1 Å². The minimum Gasteiger partial charge on any atom is -0.322 e. The van der Waals surface area contributed by atoms with Crippen LogP contribution in [0.4, 0.5) is 23.2 Å². The van der Waals surface area contributed by atoms with E-state index in [1.54, 1.807) is 18.2 Å². The van der Waals surface area contributed by atoms with Crippen LogP contribution in [0.1, 0.15) is 11.3 Å². The van der Waals surface area contributed by atoms with Crippen LogP contribution in [0.25, 0.3) is 0 Å². The van der Waals surface area contributed by atoms with Crippen LogP contribution in [0.2, 0.25) is 0 Å². The summed E-state index contributed by atoms with van der Waals surface area (Å²) in [5.41, 5.74) is -0.290. The van der Waals surface area contributed by atoms with Gasteiger partial charge in [-0.15, -0.1) is 0 Å². The third-order valence-corrected chi connectivity index (χ3v) is 3.44. The molecule has 0 saturated carbocycles. The molecule has 3 rings (SSSR count). The van der Waals surface area contributed by atoms with Gasteiger partial charge in [0, 0.05) is 18.0 Å². The standard InChI is InChI=1S/C16H13F4N5O/c17-13-4-2-1-3-11(13)8-25-9-12(7-21-25)22-15(26)10-24-6-5-14(23-24)16(18,19)20/h1-7,9H,8,10H2,(H,22,26). The van der Waals surface area contributed by atoms with Crippen LogP contribution in [-0.2, 0) is 24.1 Å². The Morgan fingerprint density at radius 3 is 2.62 bits per heavy atom. The summed E-state index contributed by atoms with van der Waals surface area (Å²) >= 11 is 0. The number of nitrogens with zero attached hydrogens (tertiary/aromatic N) is 4. The zero-order valence-electron chi connectivity index (χ0n) is 13.2. The molecule has 0 unspecified atom stereocenters. The van der Waals surface area contributed by atoms with E-state index in [1.807, 2.05) is 0 Å². The molecule has 2 aromatic heterocycles. The van der Waals surface area contributed by atoms with Gasteiger partial charge in [0.25, 0.3) is 0 Å². The Hall–Kier alpha value is -3.17. The fraction of sp³-hybridized carbons (Fsp3) is 0.188. The van der Waals surface area contributed by atoms with Gasteiger partial charge < -0.3 is 5.32 Å². The molecule has 10 heteroatoms. The Balaban J connectivity index is 1.59. The van der Waals surface area contributed by atoms with E-state index in [4.69, 9.17) is 0 Å². The van der Waals surface area contributed by atoms with Crippen LogP contribution < -0.4 is 5.32 Å². The third kappa shape index (κ3) is 4.26. The average molecular weight is 367 g/mol. The maximum absolute atomic E-state index is 13.6. The fourth-order valence-corrected chi connectivity index (χ4v) is 2.26. The summed E-state index contributed by atoms with van der Waals surface area (Å²) in [7, 11) is 0. The van der Waals surface area contributed by atoms with Gasteiger partial charge in [0.1, 0.15) is 12.4 Å². The van der Waals surface area contributed by atoms with Gasteiger partial charge in [0.05, 0.1) is 18.4 Å². The van der Waals surface area contributed by atoms with Crippen molar-refractivity contribution in [3.05, 3.63) is 66.0 Å². The molecule has 3 aromatic rings. The molecule has 2 heterocycles. The maximum atomic E-state index is 13.6. The SMILES string of the molecule is O=C(Cn1ccc(C(F)(F)F)n1)Nc1cnn(Cc2ccccc2F)c1. The zero-order valence-corrected chi connectivity index (χ0v) is 13.2. The number of halogens is 4. The first-order valence-corrected chi connectivity index (χ1v) is 7.47. The van der Waals surface area contributed by atoms with Crippen LogP contribution in [0.3, 0.4) is 0 Å². The van der Waals surface area contributed by atoms with Crippen molar-refractivity contribution in [2.24, 2.45) is 0 Å². The number of aromatic nitrogens is 4. The number of carbonyl (C=O) groups is 1. The summed E-state index contributed by atoms with van der Waals surface area (Å²) in [5, 5.41) is 9.82. The van der Waals surface area contributed by atoms with Gasteiger partial charge in [0.2, 0.25) is 5.91 Å². The highest BCUT2D eigenvalue weighted by Gasteiger charge is 2.33. The molecule has 0 fully saturated rings. The van der Waals surface area contributed by atoms with Crippen LogP contribution in [0.5, 0.6) is 0 Å². The van der Waals surface area contributed by atoms with E-state index in [9.17, 15) is 22.4 Å². The lowest BCUT2D eigenvalue weighted by Gasteiger charge is -2.04. The highest BCUT2D eigenvalue weighted by Crippen LogP contribution is 2.27. The third-order valence-electron chi connectivity index (χ3n) is 3.44. The highest BCUT2D eigenvalue weighted by molar-refractivity contribution is 5.90. The summed E-state index contributed by atoms with van der Waals surface area (Å²) in [5.74, 6) is -0.931. The van der Waals surface area contributed by atoms with Crippen LogP contribution in [0.15, 0.2) is 48.9 Å². The summed E-state index contributed by atoms with van der Waals surface area (Å²) in [6.45, 7) is -0.203. The van der Waals surface area contributed by atoms with Crippen molar-refractivity contribution in [3.63, 3.8) is 0 Å². The van der Waals surface area contributed by atoms with Gasteiger partial charge in [-0.1, -0.05) is 18.2 Å². The topological polar surface area (TPSA) is 64.7 Å². The summed E-state index contributed by atoms with van der Waals surface area (Å²) < 4.78 is 53.4. The van der Waals surface area contributed by atoms with Crippen molar-refractivity contribution in [2.45, 2.75) is 19.3 Å². The Bertz CT molecular complexity index is 915. The Morgan fingerprint density at radius 1 is 1.15 bits per heavy atom. The lowest BCUT2D eigenvalue weighted by atomic mass is 10.2. The fourth-order valence-electron chi connectivity index (χ4n) is 2.26. The Labute approximate surface area is 145 Å². The molecule has 0 radical (unpaired) electrons. The molecular formula is C16H13F4N5O. The number of alkyl halides is 3. The summed E-state index contributed by atoms with van der Waals surface area (Å²) in [6.07, 6.45) is -0.628. The molecule has 0 aliphatic carbocycles. The minimum atomic E-state index is -4.56. The average Bonchev–Trinajstić information content (AvgIpc) is 3.19. The number of benzene rings is 1. The second-order valence-corrected chi connectivity index (χ2v) is 5.46. The van der Waals surface area contributed by atoms with Crippen molar-refractivity contribution in [1.82, 2.24) is 19.6 Å². The monoisotopic (exact) mass is 367 g/mol. The zero-order chi connectivity index (χ0) is 18.7. The molecule has 6 nitrogen and oxygen atoms in total. The summed E-state index contributed by atoms with van der Waals surface area (Å²) in [6, 6.07) is 7.02. The number of rotatable bonds is 5. The van der Waals surface area contributed by atoms with Gasteiger partial charge in [-0.05, 0) is 12.1 Å². The Kier molecular flexibility index (Phi) is 4.74. The molecule has 26 heavy (non-hydrogen) atoms. The van der Waals surface area contributed by atoms with Crippen LogP contribution >= 0.6 is 0 Å². The molecule has 1 aromatic carbocycles. The molecule has 1 N–H and O–H groups in total. The van der Waals surface area contributed by atoms with E-state index in [-0.39, 0.29) is 18.9 Å². The van der Waals surface area contributed by atoms with Crippen molar-refractivity contribution in [3.8, 4) is 0 Å². The molecule has 0 saturated heterocycles. The number of hydrogen-bond donors (Lipinski definition) is 1. The maximum Gasteiger partial charge on any atom is 0.435 e. The van der Waals surface area contributed by atoms with Gasteiger partial charge in [0.15, 0.2) is 5.69 Å². The van der Waals surface area contributed by atoms with Gasteiger partial charge >= 0.3 is 6.18 Å². The molecule has 1 amide bonds. The van der Waals surface area contributed by atoms with Crippen molar-refractivity contribution < 1.29 is 22.4 Å². The number of hydrogen-bond acceptors (Lipinski definition) is 3.